The lowest BCUT2D eigenvalue weighted by Crippen LogP contribution is -2.48. The van der Waals surface area contributed by atoms with Crippen LogP contribution in [-0.2, 0) is 9.53 Å². The Morgan fingerprint density at radius 1 is 1.62 bits per heavy atom. The Kier molecular flexibility index (Phi) is 4.88. The third-order valence-corrected chi connectivity index (χ3v) is 3.38. The highest BCUT2D eigenvalue weighted by molar-refractivity contribution is 7.99. The lowest BCUT2D eigenvalue weighted by atomic mass is 10.3. The van der Waals surface area contributed by atoms with E-state index in [1.807, 2.05) is 0 Å². The number of thioether (sulfide) groups is 1. The van der Waals surface area contributed by atoms with Crippen LogP contribution in [0.5, 0.6) is 0 Å². The third-order valence-electron chi connectivity index (χ3n) is 2.37. The first-order valence-corrected chi connectivity index (χ1v) is 6.04. The number of likely N-dealkylation sites (N-methyl/N-ethyl adjacent to an activating group) is 1. The van der Waals surface area contributed by atoms with Gasteiger partial charge in [-0.3, -0.25) is 0 Å². The minimum absolute atomic E-state index is 0.255. The van der Waals surface area contributed by atoms with E-state index in [4.69, 9.17) is 9.84 Å². The standard InChI is InChI=1S/C9H16N2O4S/c1-10(3-4-15-2)9(14)11-6-16-5-7(11)8(12)13/h7H,3-6H2,1-2H3,(H,12,13). The summed E-state index contributed by atoms with van der Waals surface area (Å²) in [6, 6.07) is -0.961. The zero-order chi connectivity index (χ0) is 12.1. The van der Waals surface area contributed by atoms with Gasteiger partial charge in [0, 0.05) is 26.5 Å². The summed E-state index contributed by atoms with van der Waals surface area (Å²) >= 11 is 1.45. The quantitative estimate of drug-likeness (QED) is 0.766. The van der Waals surface area contributed by atoms with Gasteiger partial charge in [0.25, 0.3) is 0 Å². The van der Waals surface area contributed by atoms with Crippen LogP contribution in [0.2, 0.25) is 0 Å². The molecule has 16 heavy (non-hydrogen) atoms. The predicted molar refractivity (Wildman–Crippen MR) is 60.5 cm³/mol. The van der Waals surface area contributed by atoms with Crippen LogP contribution in [0.15, 0.2) is 0 Å². The largest absolute Gasteiger partial charge is 0.480 e. The van der Waals surface area contributed by atoms with Crippen LogP contribution in [0.3, 0.4) is 0 Å². The molecule has 0 spiro atoms. The smallest absolute Gasteiger partial charge is 0.327 e. The number of aliphatic carboxylic acids is 1. The zero-order valence-electron chi connectivity index (χ0n) is 9.38. The van der Waals surface area contributed by atoms with Crippen molar-refractivity contribution in [2.75, 3.05) is 38.9 Å². The number of nitrogens with zero attached hydrogens (tertiary/aromatic N) is 2. The Balaban J connectivity index is 2.55. The number of urea groups is 1. The first kappa shape index (κ1) is 13.1. The number of methoxy groups -OCH3 is 1. The van der Waals surface area contributed by atoms with Crippen molar-refractivity contribution in [3.8, 4) is 0 Å². The number of hydrogen-bond donors (Lipinski definition) is 1. The van der Waals surface area contributed by atoms with Crippen LogP contribution in [-0.4, -0.2) is 71.9 Å². The third kappa shape index (κ3) is 3.02. The molecule has 0 aromatic heterocycles. The highest BCUT2D eigenvalue weighted by Gasteiger charge is 2.35. The van der Waals surface area contributed by atoms with E-state index in [1.165, 1.54) is 21.6 Å². The number of amides is 2. The van der Waals surface area contributed by atoms with Gasteiger partial charge < -0.3 is 19.6 Å². The van der Waals surface area contributed by atoms with E-state index >= 15 is 0 Å². The van der Waals surface area contributed by atoms with Gasteiger partial charge in [-0.1, -0.05) is 0 Å². The number of carboxylic acid groups (broad SMARTS) is 1. The van der Waals surface area contributed by atoms with Crippen molar-refractivity contribution in [1.82, 2.24) is 9.80 Å². The van der Waals surface area contributed by atoms with E-state index in [-0.39, 0.29) is 6.03 Å². The number of carbonyl (C=O) groups excluding carboxylic acids is 1. The number of carbonyl (C=O) groups is 2. The van der Waals surface area contributed by atoms with Gasteiger partial charge in [-0.25, -0.2) is 9.59 Å². The maximum absolute atomic E-state index is 11.9. The van der Waals surface area contributed by atoms with Crippen molar-refractivity contribution in [2.45, 2.75) is 6.04 Å². The molecular formula is C9H16N2O4S. The van der Waals surface area contributed by atoms with Gasteiger partial charge in [0.15, 0.2) is 0 Å². The molecule has 1 rings (SSSR count). The fourth-order valence-corrected chi connectivity index (χ4v) is 2.52. The Bertz CT molecular complexity index is 274. The van der Waals surface area contributed by atoms with Crippen molar-refractivity contribution in [3.63, 3.8) is 0 Å². The molecule has 1 atom stereocenters. The lowest BCUT2D eigenvalue weighted by Gasteiger charge is -2.26. The molecule has 0 radical (unpaired) electrons. The van der Waals surface area contributed by atoms with E-state index in [0.29, 0.717) is 24.8 Å². The topological polar surface area (TPSA) is 70.1 Å². The fourth-order valence-electron chi connectivity index (χ4n) is 1.38. The van der Waals surface area contributed by atoms with E-state index in [1.54, 1.807) is 14.2 Å². The maximum Gasteiger partial charge on any atom is 0.327 e. The normalized spacial score (nSPS) is 19.9. The van der Waals surface area contributed by atoms with E-state index < -0.39 is 12.0 Å². The van der Waals surface area contributed by atoms with E-state index in [2.05, 4.69) is 0 Å². The minimum atomic E-state index is -0.946. The highest BCUT2D eigenvalue weighted by Crippen LogP contribution is 2.22. The summed E-state index contributed by atoms with van der Waals surface area (Å²) in [5.41, 5.74) is 0. The molecule has 2 amide bonds. The second-order valence-corrected chi connectivity index (χ2v) is 4.52. The van der Waals surface area contributed by atoms with Crippen LogP contribution >= 0.6 is 11.8 Å². The maximum atomic E-state index is 11.9. The molecule has 1 fully saturated rings. The summed E-state index contributed by atoms with van der Waals surface area (Å²) in [5.74, 6) is -0.0507. The molecule has 1 heterocycles. The molecule has 0 bridgehead atoms. The summed E-state index contributed by atoms with van der Waals surface area (Å²) in [5, 5.41) is 8.94. The average molecular weight is 248 g/mol. The molecular weight excluding hydrogens is 232 g/mol. The number of rotatable bonds is 4. The molecule has 0 aromatic carbocycles. The second kappa shape index (κ2) is 5.95. The Labute approximate surface area is 98.5 Å². The SMILES string of the molecule is COCCN(C)C(=O)N1CSCC1C(=O)O. The summed E-state index contributed by atoms with van der Waals surface area (Å²) in [6.45, 7) is 0.907. The molecule has 0 saturated carbocycles. The fraction of sp³-hybridized carbons (Fsp3) is 0.778. The molecule has 1 aliphatic rings. The van der Waals surface area contributed by atoms with Gasteiger partial charge in [0.2, 0.25) is 0 Å². The van der Waals surface area contributed by atoms with Gasteiger partial charge in [0.1, 0.15) is 6.04 Å². The molecule has 7 heteroatoms. The molecule has 0 aliphatic carbocycles. The minimum Gasteiger partial charge on any atom is -0.480 e. The number of ether oxygens (including phenoxy) is 1. The molecule has 92 valence electrons. The van der Waals surface area contributed by atoms with Crippen LogP contribution in [0.4, 0.5) is 4.79 Å². The Morgan fingerprint density at radius 3 is 2.88 bits per heavy atom. The van der Waals surface area contributed by atoms with Gasteiger partial charge >= 0.3 is 12.0 Å². The van der Waals surface area contributed by atoms with Crippen LogP contribution in [0, 0.1) is 0 Å². The summed E-state index contributed by atoms with van der Waals surface area (Å²) in [7, 11) is 3.20. The highest BCUT2D eigenvalue weighted by atomic mass is 32.2. The summed E-state index contributed by atoms with van der Waals surface area (Å²) in [6.07, 6.45) is 0. The summed E-state index contributed by atoms with van der Waals surface area (Å²) < 4.78 is 4.87. The monoisotopic (exact) mass is 248 g/mol. The van der Waals surface area contributed by atoms with E-state index in [0.717, 1.165) is 0 Å². The first-order valence-electron chi connectivity index (χ1n) is 4.89. The number of hydrogen-bond acceptors (Lipinski definition) is 4. The molecule has 0 aromatic rings. The van der Waals surface area contributed by atoms with E-state index in [9.17, 15) is 9.59 Å². The van der Waals surface area contributed by atoms with Crippen LogP contribution in [0.25, 0.3) is 0 Å². The van der Waals surface area contributed by atoms with Crippen molar-refractivity contribution in [1.29, 1.82) is 0 Å². The molecule has 1 saturated heterocycles. The Hall–Kier alpha value is -0.950. The Morgan fingerprint density at radius 2 is 2.31 bits per heavy atom. The van der Waals surface area contributed by atoms with Gasteiger partial charge in [-0.2, -0.15) is 0 Å². The molecule has 6 nitrogen and oxygen atoms in total. The molecule has 1 aliphatic heterocycles. The van der Waals surface area contributed by atoms with Crippen molar-refractivity contribution < 1.29 is 19.4 Å². The van der Waals surface area contributed by atoms with Crippen LogP contribution < -0.4 is 0 Å². The summed E-state index contributed by atoms with van der Waals surface area (Å²) in [4.78, 5) is 25.6. The predicted octanol–water partition coefficient (Wildman–Crippen LogP) is 0.144. The molecule has 1 unspecified atom stereocenters. The van der Waals surface area contributed by atoms with Gasteiger partial charge in [-0.15, -0.1) is 11.8 Å². The van der Waals surface area contributed by atoms with Crippen molar-refractivity contribution >= 4 is 23.8 Å². The zero-order valence-corrected chi connectivity index (χ0v) is 10.2. The molecule has 1 N–H and O–H groups in total. The second-order valence-electron chi connectivity index (χ2n) is 3.52. The van der Waals surface area contributed by atoms with Crippen molar-refractivity contribution in [2.24, 2.45) is 0 Å². The van der Waals surface area contributed by atoms with Gasteiger partial charge in [-0.05, 0) is 0 Å². The average Bonchev–Trinajstić information content (AvgIpc) is 2.73. The first-order chi connectivity index (χ1) is 7.57. The number of carboxylic acids is 1. The van der Waals surface area contributed by atoms with Crippen molar-refractivity contribution in [3.05, 3.63) is 0 Å². The van der Waals surface area contributed by atoms with Crippen LogP contribution in [0.1, 0.15) is 0 Å². The van der Waals surface area contributed by atoms with Gasteiger partial charge in [0.05, 0.1) is 12.5 Å². The lowest BCUT2D eigenvalue weighted by molar-refractivity contribution is -0.140.